The molecule has 1 aromatic carbocycles. The minimum absolute atomic E-state index is 0.0177. The number of nitrogens with zero attached hydrogens (tertiary/aromatic N) is 1. The summed E-state index contributed by atoms with van der Waals surface area (Å²) in [5.41, 5.74) is 1.58. The van der Waals surface area contributed by atoms with Crippen LogP contribution >= 0.6 is 0 Å². The maximum Gasteiger partial charge on any atom is 0.387 e. The molecule has 5 nitrogen and oxygen atoms in total. The van der Waals surface area contributed by atoms with Crippen LogP contribution in [0.15, 0.2) is 28.8 Å². The summed E-state index contributed by atoms with van der Waals surface area (Å²) in [6, 6.07) is 6.71. The fourth-order valence-electron chi connectivity index (χ4n) is 1.86. The average Bonchev–Trinajstić information content (AvgIpc) is 2.84. The van der Waals surface area contributed by atoms with Gasteiger partial charge in [0.15, 0.2) is 11.5 Å². The summed E-state index contributed by atoms with van der Waals surface area (Å²) in [5.74, 6) is 1.03. The third-order valence-electron chi connectivity index (χ3n) is 2.76. The van der Waals surface area contributed by atoms with Gasteiger partial charge in [0.05, 0.1) is 12.8 Å². The third kappa shape index (κ3) is 4.42. The molecule has 2 aromatic rings. The van der Waals surface area contributed by atoms with Crippen LogP contribution in [-0.4, -0.2) is 18.9 Å². The van der Waals surface area contributed by atoms with Crippen LogP contribution in [0.25, 0.3) is 0 Å². The van der Waals surface area contributed by atoms with E-state index in [9.17, 15) is 8.78 Å². The minimum atomic E-state index is -2.89. The molecule has 0 spiro atoms. The number of aromatic nitrogens is 1. The lowest BCUT2D eigenvalue weighted by atomic mass is 10.2. The predicted molar refractivity (Wildman–Crippen MR) is 71.4 cm³/mol. The van der Waals surface area contributed by atoms with Crippen LogP contribution in [0, 0.1) is 6.92 Å². The Kier molecular flexibility index (Phi) is 5.10. The van der Waals surface area contributed by atoms with Crippen LogP contribution in [0.3, 0.4) is 0 Å². The molecular formula is C14H16F2N2O3. The van der Waals surface area contributed by atoms with E-state index < -0.39 is 6.61 Å². The van der Waals surface area contributed by atoms with Gasteiger partial charge in [0.1, 0.15) is 5.76 Å². The van der Waals surface area contributed by atoms with E-state index >= 15 is 0 Å². The zero-order valence-electron chi connectivity index (χ0n) is 11.7. The van der Waals surface area contributed by atoms with Gasteiger partial charge in [-0.05, 0) is 24.6 Å². The van der Waals surface area contributed by atoms with Crippen molar-refractivity contribution >= 4 is 0 Å². The summed E-state index contributed by atoms with van der Waals surface area (Å²) < 4.78 is 39.0. The normalized spacial score (nSPS) is 10.9. The maximum absolute atomic E-state index is 12.3. The van der Waals surface area contributed by atoms with Crippen molar-refractivity contribution < 1.29 is 22.8 Å². The van der Waals surface area contributed by atoms with Crippen molar-refractivity contribution in [2.45, 2.75) is 26.6 Å². The standard InChI is InChI=1S/C14H16F2N2O3/c1-9-5-11(18-21-9)8-17-7-10-3-4-12(19-2)13(6-10)20-14(15)16/h3-6,14,17H,7-8H2,1-2H3. The van der Waals surface area contributed by atoms with Gasteiger partial charge in [0, 0.05) is 19.2 Å². The van der Waals surface area contributed by atoms with Gasteiger partial charge in [0.2, 0.25) is 0 Å². The fourth-order valence-corrected chi connectivity index (χ4v) is 1.86. The Morgan fingerprint density at radius 3 is 2.67 bits per heavy atom. The second-order valence-electron chi connectivity index (χ2n) is 4.40. The third-order valence-corrected chi connectivity index (χ3v) is 2.76. The van der Waals surface area contributed by atoms with Gasteiger partial charge in [0.25, 0.3) is 0 Å². The first kappa shape index (κ1) is 15.2. The Morgan fingerprint density at radius 2 is 2.05 bits per heavy atom. The summed E-state index contributed by atoms with van der Waals surface area (Å²) in [7, 11) is 1.40. The largest absolute Gasteiger partial charge is 0.493 e. The number of hydrogen-bond donors (Lipinski definition) is 1. The van der Waals surface area contributed by atoms with Gasteiger partial charge in [-0.25, -0.2) is 0 Å². The molecule has 2 rings (SSSR count). The van der Waals surface area contributed by atoms with Gasteiger partial charge in [-0.3, -0.25) is 0 Å². The Bertz CT molecular complexity index is 587. The summed E-state index contributed by atoms with van der Waals surface area (Å²) in [4.78, 5) is 0. The minimum Gasteiger partial charge on any atom is -0.493 e. The Hall–Kier alpha value is -2.15. The number of methoxy groups -OCH3 is 1. The number of aryl methyl sites for hydroxylation is 1. The van der Waals surface area contributed by atoms with Gasteiger partial charge in [-0.15, -0.1) is 0 Å². The zero-order valence-corrected chi connectivity index (χ0v) is 11.7. The first-order valence-corrected chi connectivity index (χ1v) is 6.33. The molecule has 0 aliphatic carbocycles. The summed E-state index contributed by atoms with van der Waals surface area (Å²) in [6.45, 7) is -0.0714. The molecule has 0 atom stereocenters. The highest BCUT2D eigenvalue weighted by molar-refractivity contribution is 5.43. The van der Waals surface area contributed by atoms with E-state index in [1.54, 1.807) is 12.1 Å². The molecule has 7 heteroatoms. The van der Waals surface area contributed by atoms with Gasteiger partial charge in [-0.1, -0.05) is 11.2 Å². The smallest absolute Gasteiger partial charge is 0.387 e. The first-order valence-electron chi connectivity index (χ1n) is 6.33. The van der Waals surface area contributed by atoms with Gasteiger partial charge in [-0.2, -0.15) is 8.78 Å². The van der Waals surface area contributed by atoms with Crippen LogP contribution in [0.5, 0.6) is 11.5 Å². The number of rotatable bonds is 7. The average molecular weight is 298 g/mol. The summed E-state index contributed by atoms with van der Waals surface area (Å²) >= 11 is 0. The summed E-state index contributed by atoms with van der Waals surface area (Å²) in [6.07, 6.45) is 0. The lowest BCUT2D eigenvalue weighted by molar-refractivity contribution is -0.0512. The van der Waals surface area contributed by atoms with E-state index in [0.717, 1.165) is 17.0 Å². The molecule has 0 saturated carbocycles. The molecule has 0 bridgehead atoms. The van der Waals surface area contributed by atoms with Crippen molar-refractivity contribution in [1.82, 2.24) is 10.5 Å². The topological polar surface area (TPSA) is 56.5 Å². The van der Waals surface area contributed by atoms with Crippen molar-refractivity contribution in [3.63, 3.8) is 0 Å². The van der Waals surface area contributed by atoms with Gasteiger partial charge >= 0.3 is 6.61 Å². The Labute approximate surface area is 120 Å². The van der Waals surface area contributed by atoms with Crippen LogP contribution in [0.2, 0.25) is 0 Å². The van der Waals surface area contributed by atoms with E-state index in [0.29, 0.717) is 13.1 Å². The van der Waals surface area contributed by atoms with Crippen LogP contribution in [0.4, 0.5) is 8.78 Å². The first-order chi connectivity index (χ1) is 10.1. The molecular weight excluding hydrogens is 282 g/mol. The van der Waals surface area contributed by atoms with Crippen molar-refractivity contribution in [3.05, 3.63) is 41.3 Å². The molecule has 1 aromatic heterocycles. The molecule has 0 radical (unpaired) electrons. The number of benzene rings is 1. The van der Waals surface area contributed by atoms with Crippen LogP contribution in [-0.2, 0) is 13.1 Å². The molecule has 21 heavy (non-hydrogen) atoms. The molecule has 0 saturated heterocycles. The molecule has 0 fully saturated rings. The van der Waals surface area contributed by atoms with E-state index in [1.807, 2.05) is 13.0 Å². The predicted octanol–water partition coefficient (Wildman–Crippen LogP) is 2.88. The monoisotopic (exact) mass is 298 g/mol. The second kappa shape index (κ2) is 7.03. The van der Waals surface area contributed by atoms with E-state index in [2.05, 4.69) is 15.2 Å². The lowest BCUT2D eigenvalue weighted by Crippen LogP contribution is -2.13. The number of alkyl halides is 2. The van der Waals surface area contributed by atoms with E-state index in [4.69, 9.17) is 9.26 Å². The number of nitrogens with one attached hydrogen (secondary N) is 1. The number of ether oxygens (including phenoxy) is 2. The van der Waals surface area contributed by atoms with Gasteiger partial charge < -0.3 is 19.3 Å². The molecule has 0 unspecified atom stereocenters. The van der Waals surface area contributed by atoms with E-state index in [1.165, 1.54) is 13.2 Å². The Morgan fingerprint density at radius 1 is 1.24 bits per heavy atom. The SMILES string of the molecule is COc1ccc(CNCc2cc(C)on2)cc1OC(F)F. The van der Waals surface area contributed by atoms with Crippen molar-refractivity contribution in [3.8, 4) is 11.5 Å². The highest BCUT2D eigenvalue weighted by Crippen LogP contribution is 2.29. The van der Waals surface area contributed by atoms with Crippen molar-refractivity contribution in [2.24, 2.45) is 0 Å². The molecule has 0 aliphatic heterocycles. The van der Waals surface area contributed by atoms with Crippen LogP contribution < -0.4 is 14.8 Å². The number of hydrogen-bond acceptors (Lipinski definition) is 5. The summed E-state index contributed by atoms with van der Waals surface area (Å²) in [5, 5.41) is 6.99. The highest BCUT2D eigenvalue weighted by atomic mass is 19.3. The highest BCUT2D eigenvalue weighted by Gasteiger charge is 2.11. The quantitative estimate of drug-likeness (QED) is 0.852. The molecule has 1 N–H and O–H groups in total. The Balaban J connectivity index is 1.96. The van der Waals surface area contributed by atoms with Crippen LogP contribution in [0.1, 0.15) is 17.0 Å². The van der Waals surface area contributed by atoms with Crippen molar-refractivity contribution in [1.29, 1.82) is 0 Å². The van der Waals surface area contributed by atoms with E-state index in [-0.39, 0.29) is 11.5 Å². The molecule has 0 aliphatic rings. The van der Waals surface area contributed by atoms with Crippen molar-refractivity contribution in [2.75, 3.05) is 7.11 Å². The second-order valence-corrected chi connectivity index (χ2v) is 4.40. The molecule has 114 valence electrons. The maximum atomic E-state index is 12.3. The lowest BCUT2D eigenvalue weighted by Gasteiger charge is -2.11. The molecule has 0 amide bonds. The molecule has 1 heterocycles. The number of halogens is 2. The zero-order chi connectivity index (χ0) is 15.2. The fraction of sp³-hybridized carbons (Fsp3) is 0.357.